The van der Waals surface area contributed by atoms with Crippen LogP contribution in [0.4, 0.5) is 0 Å². The number of nitrogens with one attached hydrogen (secondary N) is 2. The zero-order chi connectivity index (χ0) is 13.0. The molecule has 1 aromatic heterocycles. The molecule has 2 N–H and O–H groups in total. The molecule has 0 saturated heterocycles. The Balaban J connectivity index is 1.93. The number of amides is 1. The van der Waals surface area contributed by atoms with Gasteiger partial charge >= 0.3 is 0 Å². The van der Waals surface area contributed by atoms with E-state index >= 15 is 0 Å². The topological polar surface area (TPSA) is 57.8 Å². The average molecular weight is 308 g/mol. The number of benzene rings is 1. The molecule has 0 radical (unpaired) electrons. The van der Waals surface area contributed by atoms with Crippen molar-refractivity contribution in [1.29, 1.82) is 0 Å². The number of aromatic nitrogens is 2. The quantitative estimate of drug-likeness (QED) is 0.911. The molecule has 1 heterocycles. The van der Waals surface area contributed by atoms with Crippen molar-refractivity contribution in [2.45, 2.75) is 13.3 Å². The minimum Gasteiger partial charge on any atom is -0.352 e. The lowest BCUT2D eigenvalue weighted by atomic mass is 10.1. The van der Waals surface area contributed by atoms with Crippen molar-refractivity contribution in [1.82, 2.24) is 15.3 Å². The first-order valence-corrected chi connectivity index (χ1v) is 6.49. The molecule has 4 nitrogen and oxygen atoms in total. The van der Waals surface area contributed by atoms with Crippen LogP contribution in [0.15, 0.2) is 35.1 Å². The molecule has 0 aliphatic carbocycles. The zero-order valence-electron chi connectivity index (χ0n) is 10.0. The number of imidazole rings is 1. The summed E-state index contributed by atoms with van der Waals surface area (Å²) in [7, 11) is 0. The number of nitrogens with zero attached hydrogens (tertiary/aromatic N) is 1. The van der Waals surface area contributed by atoms with Crippen LogP contribution in [0.5, 0.6) is 0 Å². The van der Waals surface area contributed by atoms with Crippen molar-refractivity contribution in [3.05, 3.63) is 52.0 Å². The van der Waals surface area contributed by atoms with Gasteiger partial charge in [-0.1, -0.05) is 22.0 Å². The minimum absolute atomic E-state index is 0.0552. The van der Waals surface area contributed by atoms with E-state index in [-0.39, 0.29) is 5.91 Å². The highest BCUT2D eigenvalue weighted by atomic mass is 79.9. The highest BCUT2D eigenvalue weighted by molar-refractivity contribution is 9.10. The molecule has 0 fully saturated rings. The number of halogens is 1. The van der Waals surface area contributed by atoms with Crippen molar-refractivity contribution in [3.63, 3.8) is 0 Å². The van der Waals surface area contributed by atoms with Crippen LogP contribution >= 0.6 is 15.9 Å². The summed E-state index contributed by atoms with van der Waals surface area (Å²) >= 11 is 3.37. The third-order valence-electron chi connectivity index (χ3n) is 2.65. The SMILES string of the molecule is Cc1ccc(Br)cc1C(=O)NCCc1ncc[nH]1. The van der Waals surface area contributed by atoms with Gasteiger partial charge in [-0.05, 0) is 24.6 Å². The molecule has 0 aliphatic rings. The summed E-state index contributed by atoms with van der Waals surface area (Å²) in [6, 6.07) is 5.68. The summed E-state index contributed by atoms with van der Waals surface area (Å²) in [6.45, 7) is 2.49. The second kappa shape index (κ2) is 5.82. The number of H-pyrrole nitrogens is 1. The molecule has 1 aromatic carbocycles. The third-order valence-corrected chi connectivity index (χ3v) is 3.14. The zero-order valence-corrected chi connectivity index (χ0v) is 11.6. The molecule has 94 valence electrons. The van der Waals surface area contributed by atoms with Gasteiger partial charge in [0.05, 0.1) is 0 Å². The van der Waals surface area contributed by atoms with Gasteiger partial charge in [-0.25, -0.2) is 4.98 Å². The Labute approximate surface area is 114 Å². The van der Waals surface area contributed by atoms with Gasteiger partial charge in [-0.2, -0.15) is 0 Å². The normalized spacial score (nSPS) is 10.3. The summed E-state index contributed by atoms with van der Waals surface area (Å²) in [5, 5.41) is 2.89. The number of hydrogen-bond acceptors (Lipinski definition) is 2. The van der Waals surface area contributed by atoms with Crippen LogP contribution in [0.25, 0.3) is 0 Å². The van der Waals surface area contributed by atoms with Gasteiger partial charge in [0.15, 0.2) is 0 Å². The summed E-state index contributed by atoms with van der Waals surface area (Å²) in [5.74, 6) is 0.821. The predicted octanol–water partition coefficient (Wildman–Crippen LogP) is 2.45. The van der Waals surface area contributed by atoms with E-state index in [0.717, 1.165) is 15.9 Å². The average Bonchev–Trinajstić information content (AvgIpc) is 2.85. The smallest absolute Gasteiger partial charge is 0.251 e. The summed E-state index contributed by atoms with van der Waals surface area (Å²) < 4.78 is 0.907. The Morgan fingerprint density at radius 1 is 1.50 bits per heavy atom. The fraction of sp³-hybridized carbons (Fsp3) is 0.231. The monoisotopic (exact) mass is 307 g/mol. The maximum Gasteiger partial charge on any atom is 0.251 e. The van der Waals surface area contributed by atoms with E-state index in [9.17, 15) is 4.79 Å². The number of carbonyl (C=O) groups excluding carboxylic acids is 1. The summed E-state index contributed by atoms with van der Waals surface area (Å²) in [4.78, 5) is 19.1. The first-order chi connectivity index (χ1) is 8.66. The van der Waals surface area contributed by atoms with Gasteiger partial charge in [-0.15, -0.1) is 0 Å². The summed E-state index contributed by atoms with van der Waals surface area (Å²) in [6.07, 6.45) is 4.18. The molecule has 0 spiro atoms. The third kappa shape index (κ3) is 3.20. The molecule has 2 rings (SSSR count). The Morgan fingerprint density at radius 2 is 2.33 bits per heavy atom. The maximum absolute atomic E-state index is 12.0. The summed E-state index contributed by atoms with van der Waals surface area (Å²) in [5.41, 5.74) is 1.66. The fourth-order valence-electron chi connectivity index (χ4n) is 1.66. The van der Waals surface area contributed by atoms with E-state index in [2.05, 4.69) is 31.2 Å². The largest absolute Gasteiger partial charge is 0.352 e. The molecular weight excluding hydrogens is 294 g/mol. The maximum atomic E-state index is 12.0. The molecule has 5 heteroatoms. The van der Waals surface area contributed by atoms with Gasteiger partial charge in [0, 0.05) is 35.4 Å². The van der Waals surface area contributed by atoms with Gasteiger partial charge in [0.1, 0.15) is 5.82 Å². The van der Waals surface area contributed by atoms with Gasteiger partial charge in [0.2, 0.25) is 0 Å². The second-order valence-corrected chi connectivity index (χ2v) is 4.92. The molecular formula is C13H14BrN3O. The van der Waals surface area contributed by atoms with Crippen LogP contribution in [-0.4, -0.2) is 22.4 Å². The number of aryl methyl sites for hydroxylation is 1. The van der Waals surface area contributed by atoms with Crippen LogP contribution in [0.1, 0.15) is 21.7 Å². The van der Waals surface area contributed by atoms with Crippen LogP contribution in [0.2, 0.25) is 0 Å². The minimum atomic E-state index is -0.0552. The standard InChI is InChI=1S/C13H14BrN3O/c1-9-2-3-10(14)8-11(9)13(18)17-5-4-12-15-6-7-16-12/h2-3,6-8H,4-5H2,1H3,(H,15,16)(H,17,18). The fourth-order valence-corrected chi connectivity index (χ4v) is 2.02. The van der Waals surface area contributed by atoms with E-state index in [0.29, 0.717) is 18.5 Å². The van der Waals surface area contributed by atoms with E-state index in [1.807, 2.05) is 25.1 Å². The Kier molecular flexibility index (Phi) is 4.15. The van der Waals surface area contributed by atoms with E-state index in [1.165, 1.54) is 0 Å². The van der Waals surface area contributed by atoms with Crippen molar-refractivity contribution in [2.24, 2.45) is 0 Å². The molecule has 18 heavy (non-hydrogen) atoms. The number of aromatic amines is 1. The van der Waals surface area contributed by atoms with E-state index in [4.69, 9.17) is 0 Å². The van der Waals surface area contributed by atoms with Gasteiger partial charge < -0.3 is 10.3 Å². The predicted molar refractivity (Wildman–Crippen MR) is 73.5 cm³/mol. The Bertz CT molecular complexity index is 537. The first-order valence-electron chi connectivity index (χ1n) is 5.69. The lowest BCUT2D eigenvalue weighted by Gasteiger charge is -2.07. The Hall–Kier alpha value is -1.62. The number of hydrogen-bond donors (Lipinski definition) is 2. The van der Waals surface area contributed by atoms with Gasteiger partial charge in [0.25, 0.3) is 5.91 Å². The number of carbonyl (C=O) groups is 1. The van der Waals surface area contributed by atoms with Crippen molar-refractivity contribution < 1.29 is 4.79 Å². The van der Waals surface area contributed by atoms with Crippen molar-refractivity contribution in [2.75, 3.05) is 6.54 Å². The van der Waals surface area contributed by atoms with E-state index < -0.39 is 0 Å². The van der Waals surface area contributed by atoms with Crippen molar-refractivity contribution >= 4 is 21.8 Å². The number of rotatable bonds is 4. The highest BCUT2D eigenvalue weighted by Gasteiger charge is 2.08. The molecule has 0 unspecified atom stereocenters. The van der Waals surface area contributed by atoms with Crippen molar-refractivity contribution in [3.8, 4) is 0 Å². The second-order valence-electron chi connectivity index (χ2n) is 4.00. The van der Waals surface area contributed by atoms with Crippen LogP contribution in [-0.2, 0) is 6.42 Å². The molecule has 0 atom stereocenters. The lowest BCUT2D eigenvalue weighted by molar-refractivity contribution is 0.0953. The lowest BCUT2D eigenvalue weighted by Crippen LogP contribution is -2.26. The molecule has 0 aliphatic heterocycles. The molecule has 1 amide bonds. The van der Waals surface area contributed by atoms with E-state index in [1.54, 1.807) is 12.4 Å². The van der Waals surface area contributed by atoms with Crippen LogP contribution < -0.4 is 5.32 Å². The first kappa shape index (κ1) is 12.8. The van der Waals surface area contributed by atoms with Gasteiger partial charge in [-0.3, -0.25) is 4.79 Å². The highest BCUT2D eigenvalue weighted by Crippen LogP contribution is 2.15. The van der Waals surface area contributed by atoms with Crippen LogP contribution in [0, 0.1) is 6.92 Å². The molecule has 0 bridgehead atoms. The molecule has 2 aromatic rings. The Morgan fingerprint density at radius 3 is 3.06 bits per heavy atom. The van der Waals surface area contributed by atoms with Crippen LogP contribution in [0.3, 0.4) is 0 Å². The molecule has 0 saturated carbocycles.